The van der Waals surface area contributed by atoms with E-state index in [-0.39, 0.29) is 12.6 Å². The van der Waals surface area contributed by atoms with Gasteiger partial charge in [-0.05, 0) is 25.8 Å². The monoisotopic (exact) mass is 245 g/mol. The molecule has 17 heavy (non-hydrogen) atoms. The predicted octanol–water partition coefficient (Wildman–Crippen LogP) is 1.86. The van der Waals surface area contributed by atoms with Gasteiger partial charge < -0.3 is 15.2 Å². The van der Waals surface area contributed by atoms with Crippen molar-refractivity contribution < 1.29 is 14.6 Å². The van der Waals surface area contributed by atoms with Gasteiger partial charge in [0.2, 0.25) is 0 Å². The first-order valence-corrected chi connectivity index (χ1v) is 6.78. The highest BCUT2D eigenvalue weighted by atomic mass is 16.5. The van der Waals surface area contributed by atoms with Gasteiger partial charge >= 0.3 is 5.97 Å². The topological polar surface area (TPSA) is 58.6 Å². The minimum Gasteiger partial charge on any atom is -0.466 e. The molecule has 0 aliphatic heterocycles. The number of carbonyl (C=O) groups excluding carboxylic acids is 1. The number of carbonyl (C=O) groups is 1. The van der Waals surface area contributed by atoms with E-state index >= 15 is 0 Å². The third kappa shape index (κ3) is 13.3. The fourth-order valence-corrected chi connectivity index (χ4v) is 1.51. The molecule has 2 N–H and O–H groups in total. The molecule has 0 amide bonds. The van der Waals surface area contributed by atoms with Gasteiger partial charge in [-0.25, -0.2) is 0 Å². The van der Waals surface area contributed by atoms with E-state index in [4.69, 9.17) is 9.84 Å². The van der Waals surface area contributed by atoms with Crippen LogP contribution in [-0.4, -0.2) is 37.4 Å². The molecule has 0 saturated carbocycles. The summed E-state index contributed by atoms with van der Waals surface area (Å²) >= 11 is 0. The second-order valence-corrected chi connectivity index (χ2v) is 4.21. The zero-order chi connectivity index (χ0) is 12.8. The Morgan fingerprint density at radius 3 is 2.65 bits per heavy atom. The number of nitrogens with one attached hydrogen (secondary N) is 1. The molecule has 0 spiro atoms. The zero-order valence-electron chi connectivity index (χ0n) is 11.0. The fourth-order valence-electron chi connectivity index (χ4n) is 1.51. The third-order valence-electron chi connectivity index (χ3n) is 2.53. The van der Waals surface area contributed by atoms with Crippen molar-refractivity contribution in [2.45, 2.75) is 51.9 Å². The maximum atomic E-state index is 11.3. The smallest absolute Gasteiger partial charge is 0.305 e. The molecule has 0 rings (SSSR count). The van der Waals surface area contributed by atoms with Crippen molar-refractivity contribution in [3.05, 3.63) is 0 Å². The molecule has 0 unspecified atom stereocenters. The maximum Gasteiger partial charge on any atom is 0.305 e. The van der Waals surface area contributed by atoms with Crippen molar-refractivity contribution >= 4 is 5.97 Å². The molecule has 0 aromatic rings. The number of aliphatic hydroxyl groups is 1. The summed E-state index contributed by atoms with van der Waals surface area (Å²) in [5.74, 6) is -0.0654. The van der Waals surface area contributed by atoms with E-state index in [1.165, 1.54) is 0 Å². The first-order valence-electron chi connectivity index (χ1n) is 6.78. The van der Waals surface area contributed by atoms with Gasteiger partial charge in [-0.2, -0.15) is 0 Å². The Balaban J connectivity index is 3.11. The van der Waals surface area contributed by atoms with Gasteiger partial charge in [0, 0.05) is 13.0 Å². The lowest BCUT2D eigenvalue weighted by molar-refractivity contribution is -0.143. The Bertz CT molecular complexity index is 174. The van der Waals surface area contributed by atoms with E-state index in [1.54, 1.807) is 0 Å². The van der Waals surface area contributed by atoms with Crippen molar-refractivity contribution in [2.75, 3.05) is 26.3 Å². The van der Waals surface area contributed by atoms with Crippen LogP contribution in [0.2, 0.25) is 0 Å². The number of aliphatic hydroxyl groups excluding tert-OH is 1. The third-order valence-corrected chi connectivity index (χ3v) is 2.53. The van der Waals surface area contributed by atoms with E-state index in [9.17, 15) is 4.79 Å². The molecule has 0 radical (unpaired) electrons. The lowest BCUT2D eigenvalue weighted by Gasteiger charge is -2.04. The van der Waals surface area contributed by atoms with E-state index in [0.717, 1.165) is 45.1 Å². The van der Waals surface area contributed by atoms with E-state index in [1.807, 2.05) is 0 Å². The standard InChI is InChI=1S/C13H27NO3/c1-2-3-7-12-17-13(16)8-5-4-6-9-14-10-11-15/h14-15H,2-12H2,1H3. The van der Waals surface area contributed by atoms with Crippen LogP contribution in [0.5, 0.6) is 0 Å². The number of unbranched alkanes of at least 4 members (excludes halogenated alkanes) is 4. The second kappa shape index (κ2) is 13.5. The first-order chi connectivity index (χ1) is 8.31. The van der Waals surface area contributed by atoms with Crippen LogP contribution < -0.4 is 5.32 Å². The molecule has 0 aliphatic carbocycles. The molecule has 0 aromatic carbocycles. The van der Waals surface area contributed by atoms with Crippen molar-refractivity contribution in [1.29, 1.82) is 0 Å². The maximum absolute atomic E-state index is 11.3. The number of hydrogen-bond acceptors (Lipinski definition) is 4. The molecule has 0 saturated heterocycles. The van der Waals surface area contributed by atoms with Crippen molar-refractivity contribution in [1.82, 2.24) is 5.32 Å². The summed E-state index contributed by atoms with van der Waals surface area (Å²) in [7, 11) is 0. The molecule has 0 fully saturated rings. The van der Waals surface area contributed by atoms with Gasteiger partial charge in [0.25, 0.3) is 0 Å². The average Bonchev–Trinajstić information content (AvgIpc) is 2.33. The van der Waals surface area contributed by atoms with Crippen molar-refractivity contribution in [3.63, 3.8) is 0 Å². The molecule has 0 aliphatic rings. The van der Waals surface area contributed by atoms with E-state index in [2.05, 4.69) is 12.2 Å². The van der Waals surface area contributed by atoms with Gasteiger partial charge in [-0.3, -0.25) is 4.79 Å². The number of esters is 1. The quantitative estimate of drug-likeness (QED) is 0.407. The predicted molar refractivity (Wildman–Crippen MR) is 68.9 cm³/mol. The Kier molecular flexibility index (Phi) is 13.0. The molecule has 0 heterocycles. The Hall–Kier alpha value is -0.610. The molecular weight excluding hydrogens is 218 g/mol. The van der Waals surface area contributed by atoms with Gasteiger partial charge in [0.1, 0.15) is 0 Å². The summed E-state index contributed by atoms with van der Waals surface area (Å²) in [6, 6.07) is 0. The minimum absolute atomic E-state index is 0.0654. The van der Waals surface area contributed by atoms with Crippen LogP contribution in [0, 0.1) is 0 Å². The highest BCUT2D eigenvalue weighted by Gasteiger charge is 2.01. The van der Waals surface area contributed by atoms with Gasteiger partial charge in [-0.1, -0.05) is 26.2 Å². The van der Waals surface area contributed by atoms with Crippen LogP contribution in [0.15, 0.2) is 0 Å². The summed E-state index contributed by atoms with van der Waals surface area (Å²) in [6.07, 6.45) is 6.76. The van der Waals surface area contributed by atoms with Crippen LogP contribution in [0.1, 0.15) is 51.9 Å². The number of hydrogen-bond donors (Lipinski definition) is 2. The average molecular weight is 245 g/mol. The van der Waals surface area contributed by atoms with Gasteiger partial charge in [0.05, 0.1) is 13.2 Å². The lowest BCUT2D eigenvalue weighted by Crippen LogP contribution is -2.19. The normalized spacial score (nSPS) is 10.5. The molecule has 4 nitrogen and oxygen atoms in total. The van der Waals surface area contributed by atoms with Crippen LogP contribution in [0.3, 0.4) is 0 Å². The zero-order valence-corrected chi connectivity index (χ0v) is 11.0. The fraction of sp³-hybridized carbons (Fsp3) is 0.923. The van der Waals surface area contributed by atoms with Gasteiger partial charge in [-0.15, -0.1) is 0 Å². The van der Waals surface area contributed by atoms with Crippen LogP contribution in [-0.2, 0) is 9.53 Å². The lowest BCUT2D eigenvalue weighted by atomic mass is 10.2. The second-order valence-electron chi connectivity index (χ2n) is 4.21. The highest BCUT2D eigenvalue weighted by molar-refractivity contribution is 5.69. The van der Waals surface area contributed by atoms with Crippen LogP contribution in [0.25, 0.3) is 0 Å². The molecule has 102 valence electrons. The Morgan fingerprint density at radius 1 is 1.12 bits per heavy atom. The highest BCUT2D eigenvalue weighted by Crippen LogP contribution is 2.02. The first kappa shape index (κ1) is 16.4. The molecule has 0 bridgehead atoms. The summed E-state index contributed by atoms with van der Waals surface area (Å²) in [6.45, 7) is 4.45. The van der Waals surface area contributed by atoms with Crippen LogP contribution in [0.4, 0.5) is 0 Å². The number of rotatable bonds is 12. The molecule has 0 aromatic heterocycles. The summed E-state index contributed by atoms with van der Waals surface area (Å²) in [5.41, 5.74) is 0. The van der Waals surface area contributed by atoms with Gasteiger partial charge in [0.15, 0.2) is 0 Å². The SMILES string of the molecule is CCCCCOC(=O)CCCCCNCCO. The molecule has 4 heteroatoms. The minimum atomic E-state index is -0.0654. The van der Waals surface area contributed by atoms with E-state index in [0.29, 0.717) is 19.6 Å². The summed E-state index contributed by atoms with van der Waals surface area (Å²) in [5, 5.41) is 11.6. The summed E-state index contributed by atoms with van der Waals surface area (Å²) < 4.78 is 5.10. The Morgan fingerprint density at radius 2 is 1.94 bits per heavy atom. The van der Waals surface area contributed by atoms with E-state index < -0.39 is 0 Å². The summed E-state index contributed by atoms with van der Waals surface area (Å²) in [4.78, 5) is 11.3. The van der Waals surface area contributed by atoms with Crippen LogP contribution >= 0.6 is 0 Å². The largest absolute Gasteiger partial charge is 0.466 e. The molecular formula is C13H27NO3. The molecule has 0 atom stereocenters. The van der Waals surface area contributed by atoms with Crippen molar-refractivity contribution in [3.8, 4) is 0 Å². The Labute approximate surface area is 105 Å². The number of ether oxygens (including phenoxy) is 1. The van der Waals surface area contributed by atoms with Crippen molar-refractivity contribution in [2.24, 2.45) is 0 Å².